The lowest BCUT2D eigenvalue weighted by atomic mass is 10.2. The minimum atomic E-state index is -0.224. The standard InChI is InChI=1S/C17H24ClN3O2.ClH/c1-3-21(16(23)12-20-9-4-5-10-20)11-15(22)19-17-13(2)7-6-8-14(17)18;/h6-8H,3-5,9-12H2,1-2H3,(H,19,22);1H. The molecule has 0 atom stereocenters. The second-order valence-corrected chi connectivity index (χ2v) is 6.28. The number of para-hydroxylation sites is 1. The Hall–Kier alpha value is -1.30. The van der Waals surface area contributed by atoms with Crippen molar-refractivity contribution < 1.29 is 9.59 Å². The Labute approximate surface area is 154 Å². The highest BCUT2D eigenvalue weighted by molar-refractivity contribution is 6.33. The van der Waals surface area contributed by atoms with Crippen LogP contribution in [0.4, 0.5) is 5.69 Å². The minimum absolute atomic E-state index is 0. The van der Waals surface area contributed by atoms with Gasteiger partial charge in [0.15, 0.2) is 0 Å². The van der Waals surface area contributed by atoms with Crippen molar-refractivity contribution in [2.24, 2.45) is 0 Å². The van der Waals surface area contributed by atoms with Gasteiger partial charge in [-0.25, -0.2) is 0 Å². The van der Waals surface area contributed by atoms with Crippen LogP contribution in [-0.2, 0) is 9.59 Å². The molecule has 0 aliphatic carbocycles. The second kappa shape index (κ2) is 9.87. The van der Waals surface area contributed by atoms with E-state index in [0.29, 0.717) is 23.8 Å². The van der Waals surface area contributed by atoms with Crippen molar-refractivity contribution in [3.8, 4) is 0 Å². The van der Waals surface area contributed by atoms with Crippen LogP contribution in [0.5, 0.6) is 0 Å². The summed E-state index contributed by atoms with van der Waals surface area (Å²) < 4.78 is 0. The van der Waals surface area contributed by atoms with E-state index in [9.17, 15) is 9.59 Å². The number of nitrogens with one attached hydrogen (secondary N) is 1. The van der Waals surface area contributed by atoms with Gasteiger partial charge in [0.05, 0.1) is 23.8 Å². The average Bonchev–Trinajstić information content (AvgIpc) is 3.01. The van der Waals surface area contributed by atoms with Gasteiger partial charge in [-0.2, -0.15) is 0 Å². The summed E-state index contributed by atoms with van der Waals surface area (Å²) in [6.45, 7) is 6.66. The molecule has 1 heterocycles. The molecule has 24 heavy (non-hydrogen) atoms. The fourth-order valence-corrected chi connectivity index (χ4v) is 3.02. The molecule has 2 rings (SSSR count). The number of likely N-dealkylation sites (tertiary alicyclic amines) is 1. The Kier molecular flexibility index (Phi) is 8.53. The number of aryl methyl sites for hydroxylation is 1. The van der Waals surface area contributed by atoms with Crippen LogP contribution in [0.2, 0.25) is 5.02 Å². The molecule has 134 valence electrons. The first kappa shape index (κ1) is 20.7. The predicted molar refractivity (Wildman–Crippen MR) is 100.0 cm³/mol. The Morgan fingerprint density at radius 2 is 1.96 bits per heavy atom. The van der Waals surface area contributed by atoms with Gasteiger partial charge in [0, 0.05) is 6.54 Å². The van der Waals surface area contributed by atoms with Crippen molar-refractivity contribution in [2.75, 3.05) is 38.0 Å². The van der Waals surface area contributed by atoms with E-state index in [0.717, 1.165) is 31.5 Å². The highest BCUT2D eigenvalue weighted by atomic mass is 35.5. The van der Waals surface area contributed by atoms with Crippen molar-refractivity contribution in [2.45, 2.75) is 26.7 Å². The fourth-order valence-electron chi connectivity index (χ4n) is 2.75. The third-order valence-corrected chi connectivity index (χ3v) is 4.43. The normalized spacial score (nSPS) is 14.1. The summed E-state index contributed by atoms with van der Waals surface area (Å²) in [6.07, 6.45) is 2.29. The molecule has 1 aromatic rings. The highest BCUT2D eigenvalue weighted by Crippen LogP contribution is 2.25. The molecule has 0 bridgehead atoms. The first-order valence-electron chi connectivity index (χ1n) is 8.06. The van der Waals surface area contributed by atoms with E-state index in [-0.39, 0.29) is 30.8 Å². The maximum absolute atomic E-state index is 12.3. The maximum Gasteiger partial charge on any atom is 0.244 e. The molecule has 1 saturated heterocycles. The molecule has 0 unspecified atom stereocenters. The number of hydrogen-bond donors (Lipinski definition) is 1. The first-order chi connectivity index (χ1) is 11.0. The van der Waals surface area contributed by atoms with Crippen molar-refractivity contribution in [1.29, 1.82) is 0 Å². The van der Waals surface area contributed by atoms with E-state index in [1.54, 1.807) is 11.0 Å². The quantitative estimate of drug-likeness (QED) is 0.833. The molecule has 0 aromatic heterocycles. The molecule has 0 radical (unpaired) electrons. The van der Waals surface area contributed by atoms with E-state index in [2.05, 4.69) is 10.2 Å². The molecule has 1 aromatic carbocycles. The average molecular weight is 374 g/mol. The second-order valence-electron chi connectivity index (χ2n) is 5.87. The van der Waals surface area contributed by atoms with Crippen molar-refractivity contribution in [3.63, 3.8) is 0 Å². The number of nitrogens with zero attached hydrogens (tertiary/aromatic N) is 2. The third-order valence-electron chi connectivity index (χ3n) is 4.11. The molecule has 1 N–H and O–H groups in total. The summed E-state index contributed by atoms with van der Waals surface area (Å²) in [5.41, 5.74) is 1.51. The number of carbonyl (C=O) groups is 2. The van der Waals surface area contributed by atoms with E-state index in [1.807, 2.05) is 26.0 Å². The molecule has 5 nitrogen and oxygen atoms in total. The molecule has 1 aliphatic heterocycles. The van der Waals surface area contributed by atoms with Gasteiger partial charge in [0.2, 0.25) is 11.8 Å². The van der Waals surface area contributed by atoms with Crippen LogP contribution in [0.3, 0.4) is 0 Å². The monoisotopic (exact) mass is 373 g/mol. The number of anilines is 1. The molecule has 7 heteroatoms. The van der Waals surface area contributed by atoms with Gasteiger partial charge >= 0.3 is 0 Å². The zero-order valence-electron chi connectivity index (χ0n) is 14.2. The van der Waals surface area contributed by atoms with Crippen molar-refractivity contribution in [1.82, 2.24) is 9.80 Å². The zero-order valence-corrected chi connectivity index (χ0v) is 15.8. The first-order valence-corrected chi connectivity index (χ1v) is 8.44. The molecule has 2 amide bonds. The lowest BCUT2D eigenvalue weighted by molar-refractivity contribution is -0.135. The number of amides is 2. The largest absolute Gasteiger partial charge is 0.333 e. The number of halogens is 2. The SMILES string of the molecule is CCN(CC(=O)Nc1c(C)cccc1Cl)C(=O)CN1CCCC1.Cl. The van der Waals surface area contributed by atoms with E-state index in [4.69, 9.17) is 11.6 Å². The van der Waals surface area contributed by atoms with E-state index < -0.39 is 0 Å². The summed E-state index contributed by atoms with van der Waals surface area (Å²) in [7, 11) is 0. The van der Waals surface area contributed by atoms with Crippen LogP contribution >= 0.6 is 24.0 Å². The summed E-state index contributed by atoms with van der Waals surface area (Å²) in [5, 5.41) is 3.32. The Balaban J connectivity index is 0.00000288. The summed E-state index contributed by atoms with van der Waals surface area (Å²) in [4.78, 5) is 28.3. The molecule has 1 aliphatic rings. The van der Waals surface area contributed by atoms with Crippen LogP contribution in [-0.4, -0.2) is 54.3 Å². The molecular formula is C17H25Cl2N3O2. The molecular weight excluding hydrogens is 349 g/mol. The van der Waals surface area contributed by atoms with E-state index >= 15 is 0 Å². The minimum Gasteiger partial charge on any atom is -0.333 e. The number of benzene rings is 1. The van der Waals surface area contributed by atoms with Crippen LogP contribution in [0.15, 0.2) is 18.2 Å². The lowest BCUT2D eigenvalue weighted by Crippen LogP contribution is -2.43. The number of rotatable bonds is 6. The predicted octanol–water partition coefficient (Wildman–Crippen LogP) is 2.95. The summed E-state index contributed by atoms with van der Waals surface area (Å²) in [6, 6.07) is 5.46. The van der Waals surface area contributed by atoms with Gasteiger partial charge in [-0.05, 0) is 51.4 Å². The van der Waals surface area contributed by atoms with Gasteiger partial charge in [-0.1, -0.05) is 23.7 Å². The van der Waals surface area contributed by atoms with Gasteiger partial charge in [-0.15, -0.1) is 12.4 Å². The van der Waals surface area contributed by atoms with Gasteiger partial charge in [-0.3, -0.25) is 14.5 Å². The molecule has 0 saturated carbocycles. The summed E-state index contributed by atoms with van der Waals surface area (Å²) >= 11 is 6.12. The topological polar surface area (TPSA) is 52.7 Å². The van der Waals surface area contributed by atoms with Crippen LogP contribution in [0.1, 0.15) is 25.3 Å². The number of carbonyl (C=O) groups excluding carboxylic acids is 2. The Morgan fingerprint density at radius 1 is 1.29 bits per heavy atom. The highest BCUT2D eigenvalue weighted by Gasteiger charge is 2.21. The summed E-state index contributed by atoms with van der Waals surface area (Å²) in [5.74, 6) is -0.224. The van der Waals surface area contributed by atoms with Gasteiger partial charge < -0.3 is 10.2 Å². The van der Waals surface area contributed by atoms with E-state index in [1.165, 1.54) is 0 Å². The van der Waals surface area contributed by atoms with Crippen molar-refractivity contribution >= 4 is 41.5 Å². The van der Waals surface area contributed by atoms with Crippen LogP contribution < -0.4 is 5.32 Å². The van der Waals surface area contributed by atoms with Gasteiger partial charge in [0.1, 0.15) is 0 Å². The van der Waals surface area contributed by atoms with Crippen LogP contribution in [0, 0.1) is 6.92 Å². The smallest absolute Gasteiger partial charge is 0.244 e. The number of likely N-dealkylation sites (N-methyl/N-ethyl adjacent to an activating group) is 1. The van der Waals surface area contributed by atoms with Gasteiger partial charge in [0.25, 0.3) is 0 Å². The molecule has 0 spiro atoms. The Bertz CT molecular complexity index is 555. The Morgan fingerprint density at radius 3 is 2.54 bits per heavy atom. The maximum atomic E-state index is 12.3. The van der Waals surface area contributed by atoms with Crippen molar-refractivity contribution in [3.05, 3.63) is 28.8 Å². The number of hydrogen-bond acceptors (Lipinski definition) is 3. The lowest BCUT2D eigenvalue weighted by Gasteiger charge is -2.23. The molecule has 1 fully saturated rings. The third kappa shape index (κ3) is 5.65. The van der Waals surface area contributed by atoms with Crippen LogP contribution in [0.25, 0.3) is 0 Å². The fraction of sp³-hybridized carbons (Fsp3) is 0.529. The zero-order chi connectivity index (χ0) is 16.8.